The largest absolute Gasteiger partial charge is 0.339 e. The number of hydrogen-bond acceptors (Lipinski definition) is 3. The molecule has 1 heterocycles. The molecule has 0 aliphatic carbocycles. The predicted molar refractivity (Wildman–Crippen MR) is 117 cm³/mol. The van der Waals surface area contributed by atoms with Crippen molar-refractivity contribution >= 4 is 21.6 Å². The minimum atomic E-state index is -4.02. The first kappa shape index (κ1) is 22.3. The topological polar surface area (TPSA) is 66.5 Å². The molecule has 162 valence electrons. The van der Waals surface area contributed by atoms with Gasteiger partial charge in [-0.25, -0.2) is 12.8 Å². The molecule has 5 nitrogen and oxygen atoms in total. The molecule has 2 aromatic carbocycles. The van der Waals surface area contributed by atoms with E-state index in [1.165, 1.54) is 12.1 Å². The molecular formula is C23H29FN2O3S. The van der Waals surface area contributed by atoms with Gasteiger partial charge in [-0.05, 0) is 54.0 Å². The number of carbonyl (C=O) groups excluding carboxylic acids is 1. The summed E-state index contributed by atoms with van der Waals surface area (Å²) in [6, 6.07) is 9.20. The highest BCUT2D eigenvalue weighted by Gasteiger charge is 2.25. The van der Waals surface area contributed by atoms with Crippen molar-refractivity contribution in [2.75, 3.05) is 17.8 Å². The lowest BCUT2D eigenvalue weighted by Gasteiger charge is -2.21. The lowest BCUT2D eigenvalue weighted by Crippen LogP contribution is -2.28. The molecular weight excluding hydrogens is 403 g/mol. The van der Waals surface area contributed by atoms with E-state index in [2.05, 4.69) is 4.72 Å². The smallest absolute Gasteiger partial charge is 0.262 e. The van der Waals surface area contributed by atoms with E-state index in [1.54, 1.807) is 4.90 Å². The molecule has 1 fully saturated rings. The van der Waals surface area contributed by atoms with Crippen LogP contribution in [-0.2, 0) is 10.0 Å². The maximum absolute atomic E-state index is 14.7. The highest BCUT2D eigenvalue weighted by atomic mass is 32.2. The molecule has 1 aliphatic rings. The van der Waals surface area contributed by atoms with Crippen LogP contribution in [0.15, 0.2) is 41.3 Å². The van der Waals surface area contributed by atoms with Gasteiger partial charge in [-0.1, -0.05) is 45.9 Å². The van der Waals surface area contributed by atoms with Gasteiger partial charge >= 0.3 is 0 Å². The van der Waals surface area contributed by atoms with Crippen LogP contribution in [0.4, 0.5) is 10.1 Å². The first-order valence-corrected chi connectivity index (χ1v) is 11.8. The van der Waals surface area contributed by atoms with E-state index in [4.69, 9.17) is 0 Å². The Bertz CT molecular complexity index is 1020. The molecule has 1 N–H and O–H groups in total. The fraction of sp³-hybridized carbons (Fsp3) is 0.435. The summed E-state index contributed by atoms with van der Waals surface area (Å²) in [4.78, 5) is 13.9. The van der Waals surface area contributed by atoms with Gasteiger partial charge in [0.15, 0.2) is 0 Å². The van der Waals surface area contributed by atoms with Gasteiger partial charge in [-0.3, -0.25) is 9.52 Å². The second-order valence-corrected chi connectivity index (χ2v) is 10.0. The minimum absolute atomic E-state index is 0.0960. The molecule has 0 saturated carbocycles. The number of nitrogens with zero attached hydrogens (tertiary/aromatic N) is 1. The molecule has 0 radical (unpaired) electrons. The Morgan fingerprint density at radius 3 is 2.07 bits per heavy atom. The Hall–Kier alpha value is -2.41. The third-order valence-corrected chi connectivity index (χ3v) is 6.83. The summed E-state index contributed by atoms with van der Waals surface area (Å²) in [5.74, 6) is -0.998. The van der Waals surface area contributed by atoms with Gasteiger partial charge < -0.3 is 4.90 Å². The summed E-state index contributed by atoms with van der Waals surface area (Å²) in [5, 5.41) is 0. The number of sulfonamides is 1. The Kier molecular flexibility index (Phi) is 6.50. The van der Waals surface area contributed by atoms with Crippen LogP contribution in [0.25, 0.3) is 0 Å². The molecule has 1 saturated heterocycles. The van der Waals surface area contributed by atoms with Crippen LogP contribution in [0.2, 0.25) is 0 Å². The van der Waals surface area contributed by atoms with Crippen molar-refractivity contribution in [2.24, 2.45) is 0 Å². The SMILES string of the molecule is CC(C)c1cccc(C(C)C)c1NS(=O)(=O)c1ccc(C(=O)N2CCCC2)c(F)c1. The monoisotopic (exact) mass is 432 g/mol. The first-order chi connectivity index (χ1) is 14.1. The van der Waals surface area contributed by atoms with Crippen molar-refractivity contribution in [2.45, 2.75) is 57.3 Å². The third-order valence-electron chi connectivity index (χ3n) is 5.48. The van der Waals surface area contributed by atoms with Gasteiger partial charge in [0.05, 0.1) is 16.1 Å². The summed E-state index contributed by atoms with van der Waals surface area (Å²) in [5.41, 5.74) is 2.21. The molecule has 0 atom stereocenters. The van der Waals surface area contributed by atoms with E-state index >= 15 is 0 Å². The summed E-state index contributed by atoms with van der Waals surface area (Å²) in [7, 11) is -4.02. The quantitative estimate of drug-likeness (QED) is 0.690. The van der Waals surface area contributed by atoms with Gasteiger partial charge in [-0.15, -0.1) is 0 Å². The lowest BCUT2D eigenvalue weighted by atomic mass is 9.93. The summed E-state index contributed by atoms with van der Waals surface area (Å²) < 4.78 is 43.5. The van der Waals surface area contributed by atoms with E-state index in [0.717, 1.165) is 30.0 Å². The van der Waals surface area contributed by atoms with Gasteiger partial charge in [0, 0.05) is 13.1 Å². The zero-order chi connectivity index (χ0) is 22.1. The lowest BCUT2D eigenvalue weighted by molar-refractivity contribution is 0.0788. The standard InChI is InChI=1S/C23H29FN2O3S/c1-15(2)18-8-7-9-19(16(3)4)22(18)25-30(28,29)17-10-11-20(21(24)14-17)23(27)26-12-5-6-13-26/h7-11,14-16,25H,5-6,12-13H2,1-4H3. The van der Waals surface area contributed by atoms with Gasteiger partial charge in [0.2, 0.25) is 0 Å². The normalized spacial score (nSPS) is 14.6. The fourth-order valence-corrected chi connectivity index (χ4v) is 4.92. The van der Waals surface area contributed by atoms with E-state index in [1.807, 2.05) is 45.9 Å². The number of halogens is 1. The van der Waals surface area contributed by atoms with Crippen molar-refractivity contribution in [3.63, 3.8) is 0 Å². The molecule has 0 bridgehead atoms. The number of carbonyl (C=O) groups is 1. The van der Waals surface area contributed by atoms with E-state index in [0.29, 0.717) is 18.8 Å². The van der Waals surface area contributed by atoms with Crippen molar-refractivity contribution in [3.8, 4) is 0 Å². The van der Waals surface area contributed by atoms with Crippen molar-refractivity contribution in [3.05, 3.63) is 58.9 Å². The van der Waals surface area contributed by atoms with Gasteiger partial charge in [0.25, 0.3) is 15.9 Å². The number of hydrogen-bond donors (Lipinski definition) is 1. The van der Waals surface area contributed by atoms with Crippen LogP contribution in [-0.4, -0.2) is 32.3 Å². The number of anilines is 1. The molecule has 0 spiro atoms. The summed E-state index contributed by atoms with van der Waals surface area (Å²) in [6.07, 6.45) is 1.80. The van der Waals surface area contributed by atoms with Crippen molar-refractivity contribution in [1.29, 1.82) is 0 Å². The molecule has 2 aromatic rings. The number of para-hydroxylation sites is 1. The molecule has 0 unspecified atom stereocenters. The van der Waals surface area contributed by atoms with Gasteiger partial charge in [-0.2, -0.15) is 0 Å². The fourth-order valence-electron chi connectivity index (χ4n) is 3.79. The van der Waals surface area contributed by atoms with Crippen LogP contribution in [0, 0.1) is 5.82 Å². The average molecular weight is 433 g/mol. The number of rotatable bonds is 6. The Balaban J connectivity index is 1.95. The Morgan fingerprint density at radius 1 is 1.00 bits per heavy atom. The molecule has 0 aromatic heterocycles. The molecule has 7 heteroatoms. The van der Waals surface area contributed by atoms with Crippen molar-refractivity contribution < 1.29 is 17.6 Å². The van der Waals surface area contributed by atoms with Crippen LogP contribution >= 0.6 is 0 Å². The van der Waals surface area contributed by atoms with E-state index < -0.39 is 21.7 Å². The molecule has 1 amide bonds. The Morgan fingerprint density at radius 2 is 1.57 bits per heavy atom. The number of nitrogens with one attached hydrogen (secondary N) is 1. The van der Waals surface area contributed by atoms with E-state index in [9.17, 15) is 17.6 Å². The second kappa shape index (κ2) is 8.76. The highest BCUT2D eigenvalue weighted by Crippen LogP contribution is 2.34. The average Bonchev–Trinajstić information content (AvgIpc) is 3.21. The summed E-state index contributed by atoms with van der Waals surface area (Å²) in [6.45, 7) is 9.18. The zero-order valence-electron chi connectivity index (χ0n) is 17.9. The zero-order valence-corrected chi connectivity index (χ0v) is 18.7. The minimum Gasteiger partial charge on any atom is -0.339 e. The Labute approximate surface area is 178 Å². The number of likely N-dealkylation sites (tertiary alicyclic amines) is 1. The predicted octanol–water partition coefficient (Wildman–Crippen LogP) is 5.11. The van der Waals surface area contributed by atoms with Gasteiger partial charge in [0.1, 0.15) is 5.82 Å². The maximum Gasteiger partial charge on any atom is 0.262 e. The second-order valence-electron chi connectivity index (χ2n) is 8.37. The van der Waals surface area contributed by atoms with Crippen molar-refractivity contribution in [1.82, 2.24) is 4.90 Å². The van der Waals surface area contributed by atoms with Crippen LogP contribution in [0.3, 0.4) is 0 Å². The molecule has 3 rings (SSSR count). The first-order valence-electron chi connectivity index (χ1n) is 10.4. The number of amides is 1. The highest BCUT2D eigenvalue weighted by molar-refractivity contribution is 7.92. The summed E-state index contributed by atoms with van der Waals surface area (Å²) >= 11 is 0. The van der Waals surface area contributed by atoms with Crippen LogP contribution < -0.4 is 4.72 Å². The van der Waals surface area contributed by atoms with Crippen LogP contribution in [0.5, 0.6) is 0 Å². The van der Waals surface area contributed by atoms with Crippen LogP contribution in [0.1, 0.15) is 73.9 Å². The molecule has 1 aliphatic heterocycles. The van der Waals surface area contributed by atoms with E-state index in [-0.39, 0.29) is 22.3 Å². The maximum atomic E-state index is 14.7. The number of benzene rings is 2. The molecule has 30 heavy (non-hydrogen) atoms. The third kappa shape index (κ3) is 4.51.